The number of nitrogens with one attached hydrogen (secondary N) is 1. The lowest BCUT2D eigenvalue weighted by Crippen LogP contribution is -2.48. The Morgan fingerprint density at radius 1 is 1.15 bits per heavy atom. The number of halogens is 1. The van der Waals surface area contributed by atoms with E-state index in [4.69, 9.17) is 16.3 Å². The summed E-state index contributed by atoms with van der Waals surface area (Å²) in [4.78, 5) is 28.2. The van der Waals surface area contributed by atoms with Gasteiger partial charge in [0.15, 0.2) is 11.5 Å². The van der Waals surface area contributed by atoms with Crippen molar-refractivity contribution in [2.45, 2.75) is 64.8 Å². The van der Waals surface area contributed by atoms with E-state index < -0.39 is 0 Å². The highest BCUT2D eigenvalue weighted by Gasteiger charge is 2.34. The van der Waals surface area contributed by atoms with Gasteiger partial charge in [0.1, 0.15) is 6.54 Å². The van der Waals surface area contributed by atoms with E-state index >= 15 is 0 Å². The summed E-state index contributed by atoms with van der Waals surface area (Å²) in [7, 11) is 0. The van der Waals surface area contributed by atoms with Gasteiger partial charge in [0.2, 0.25) is 5.91 Å². The minimum atomic E-state index is -0.333. The zero-order valence-corrected chi connectivity index (χ0v) is 21.1. The lowest BCUT2D eigenvalue weighted by molar-refractivity contribution is -0.124. The van der Waals surface area contributed by atoms with Crippen LogP contribution in [-0.4, -0.2) is 24.4 Å². The summed E-state index contributed by atoms with van der Waals surface area (Å²) in [6, 6.07) is 13.2. The highest BCUT2D eigenvalue weighted by atomic mass is 35.5. The molecule has 0 aromatic heterocycles. The molecule has 1 saturated carbocycles. The number of amides is 2. The van der Waals surface area contributed by atoms with E-state index in [-0.39, 0.29) is 35.6 Å². The van der Waals surface area contributed by atoms with Crippen molar-refractivity contribution in [3.63, 3.8) is 0 Å². The quantitative estimate of drug-likeness (QED) is 0.538. The Morgan fingerprint density at radius 3 is 2.53 bits per heavy atom. The predicted octanol–water partition coefficient (Wildman–Crippen LogP) is 6.10. The fourth-order valence-corrected chi connectivity index (χ4v) is 4.70. The van der Waals surface area contributed by atoms with Crippen LogP contribution in [0.15, 0.2) is 48.2 Å². The zero-order valence-electron chi connectivity index (χ0n) is 20.4. The molecule has 1 aliphatic heterocycles. The minimum Gasteiger partial charge on any atom is -0.449 e. The van der Waals surface area contributed by atoms with Gasteiger partial charge in [-0.1, -0.05) is 70.3 Å². The average Bonchev–Trinajstić information content (AvgIpc) is 2.78. The van der Waals surface area contributed by atoms with Crippen LogP contribution in [-0.2, 0) is 15.0 Å². The van der Waals surface area contributed by atoms with Crippen molar-refractivity contribution in [2.24, 2.45) is 5.92 Å². The molecule has 0 spiro atoms. The number of anilines is 1. The lowest BCUT2D eigenvalue weighted by Gasteiger charge is -2.33. The minimum absolute atomic E-state index is 0.0516. The first kappa shape index (κ1) is 24.3. The number of benzene rings is 2. The van der Waals surface area contributed by atoms with Gasteiger partial charge in [-0.2, -0.15) is 0 Å². The van der Waals surface area contributed by atoms with Crippen LogP contribution in [0, 0.1) is 5.92 Å². The van der Waals surface area contributed by atoms with Crippen molar-refractivity contribution in [1.29, 1.82) is 0 Å². The van der Waals surface area contributed by atoms with Crippen LogP contribution in [0.5, 0.6) is 5.75 Å². The first-order valence-electron chi connectivity index (χ1n) is 12.0. The molecule has 0 radical (unpaired) electrons. The van der Waals surface area contributed by atoms with Crippen molar-refractivity contribution < 1.29 is 14.3 Å². The van der Waals surface area contributed by atoms with E-state index in [0.29, 0.717) is 22.4 Å². The van der Waals surface area contributed by atoms with Crippen molar-refractivity contribution in [1.82, 2.24) is 5.32 Å². The molecule has 2 unspecified atom stereocenters. The highest BCUT2D eigenvalue weighted by molar-refractivity contribution is 6.30. The molecular weight excluding hydrogens is 448 g/mol. The molecule has 0 saturated heterocycles. The highest BCUT2D eigenvalue weighted by Crippen LogP contribution is 2.39. The van der Waals surface area contributed by atoms with E-state index in [1.54, 1.807) is 23.1 Å². The molecule has 0 bridgehead atoms. The Bertz CT molecular complexity index is 1100. The fourth-order valence-electron chi connectivity index (χ4n) is 4.57. The van der Waals surface area contributed by atoms with Crippen molar-refractivity contribution >= 4 is 35.2 Å². The summed E-state index contributed by atoms with van der Waals surface area (Å²) in [5.41, 5.74) is 2.38. The van der Waals surface area contributed by atoms with Crippen LogP contribution >= 0.6 is 11.6 Å². The fraction of sp³-hybridized carbons (Fsp3) is 0.429. The molecule has 1 fully saturated rings. The SMILES string of the molecule is CC1CCCCC1NC(=O)CN1C(=O)/C(=C\c2ccc(Cl)cc2)Oc2ccc(C(C)(C)C)cc21. The maximum Gasteiger partial charge on any atom is 0.294 e. The maximum atomic E-state index is 13.5. The van der Waals surface area contributed by atoms with Crippen LogP contribution in [0.1, 0.15) is 64.5 Å². The van der Waals surface area contributed by atoms with Crippen LogP contribution in [0.3, 0.4) is 0 Å². The van der Waals surface area contributed by atoms with Crippen molar-refractivity contribution in [2.75, 3.05) is 11.4 Å². The van der Waals surface area contributed by atoms with Crippen molar-refractivity contribution in [3.05, 3.63) is 64.4 Å². The number of carbonyl (C=O) groups excluding carboxylic acids is 2. The Labute approximate surface area is 207 Å². The Kier molecular flexibility index (Phi) is 7.04. The first-order valence-corrected chi connectivity index (χ1v) is 12.4. The van der Waals surface area contributed by atoms with Gasteiger partial charge in [-0.15, -0.1) is 0 Å². The molecule has 2 atom stereocenters. The van der Waals surface area contributed by atoms with Crippen LogP contribution in [0.2, 0.25) is 5.02 Å². The second kappa shape index (κ2) is 9.83. The van der Waals surface area contributed by atoms with E-state index in [2.05, 4.69) is 33.0 Å². The van der Waals surface area contributed by atoms with Gasteiger partial charge in [0.25, 0.3) is 5.91 Å². The number of fused-ring (bicyclic) bond motifs is 1. The smallest absolute Gasteiger partial charge is 0.294 e. The number of hydrogen-bond acceptors (Lipinski definition) is 3. The second-order valence-electron chi connectivity index (χ2n) is 10.4. The van der Waals surface area contributed by atoms with Gasteiger partial charge >= 0.3 is 0 Å². The average molecular weight is 481 g/mol. The van der Waals surface area contributed by atoms with E-state index in [1.807, 2.05) is 30.3 Å². The normalized spacial score (nSPS) is 21.7. The largest absolute Gasteiger partial charge is 0.449 e. The molecule has 2 aromatic rings. The van der Waals surface area contributed by atoms with Gasteiger partial charge < -0.3 is 10.1 Å². The summed E-state index contributed by atoms with van der Waals surface area (Å²) in [6.45, 7) is 8.49. The Hall–Kier alpha value is -2.79. The standard InChI is InChI=1S/C28H33ClN2O3/c1-18-7-5-6-8-22(18)30-26(32)17-31-23-16-20(28(2,3)4)11-14-24(23)34-25(27(31)33)15-19-9-12-21(29)13-10-19/h9-16,18,22H,5-8,17H2,1-4H3,(H,30,32)/b25-15+. The van der Waals surface area contributed by atoms with Gasteiger partial charge in [-0.05, 0) is 65.6 Å². The lowest BCUT2D eigenvalue weighted by atomic mass is 9.86. The molecule has 1 heterocycles. The summed E-state index contributed by atoms with van der Waals surface area (Å²) in [6.07, 6.45) is 6.12. The van der Waals surface area contributed by atoms with E-state index in [1.165, 1.54) is 6.42 Å². The zero-order chi connectivity index (χ0) is 24.5. The van der Waals surface area contributed by atoms with E-state index in [9.17, 15) is 9.59 Å². The topological polar surface area (TPSA) is 58.6 Å². The molecule has 34 heavy (non-hydrogen) atoms. The van der Waals surface area contributed by atoms with Crippen molar-refractivity contribution in [3.8, 4) is 5.75 Å². The molecule has 6 heteroatoms. The van der Waals surface area contributed by atoms with E-state index in [0.717, 1.165) is 30.4 Å². The predicted molar refractivity (Wildman–Crippen MR) is 137 cm³/mol. The molecule has 1 aliphatic carbocycles. The third kappa shape index (κ3) is 5.47. The number of ether oxygens (including phenoxy) is 1. The molecule has 1 N–H and O–H groups in total. The molecule has 180 valence electrons. The van der Waals surface area contributed by atoms with Gasteiger partial charge in [-0.3, -0.25) is 14.5 Å². The number of nitrogens with zero attached hydrogens (tertiary/aromatic N) is 1. The third-order valence-electron chi connectivity index (χ3n) is 6.72. The van der Waals surface area contributed by atoms with Gasteiger partial charge in [0, 0.05) is 11.1 Å². The van der Waals surface area contributed by atoms with Gasteiger partial charge in [-0.25, -0.2) is 0 Å². The van der Waals surface area contributed by atoms with Crippen LogP contribution < -0.4 is 15.0 Å². The molecule has 2 aromatic carbocycles. The summed E-state index contributed by atoms with van der Waals surface area (Å²) in [5, 5.41) is 3.79. The number of rotatable bonds is 4. The summed E-state index contributed by atoms with van der Waals surface area (Å²) >= 11 is 6.00. The molecule has 5 nitrogen and oxygen atoms in total. The monoisotopic (exact) mass is 480 g/mol. The van der Waals surface area contributed by atoms with Gasteiger partial charge in [0.05, 0.1) is 5.69 Å². The van der Waals surface area contributed by atoms with Crippen LogP contribution in [0.25, 0.3) is 6.08 Å². The Morgan fingerprint density at radius 2 is 1.85 bits per heavy atom. The summed E-state index contributed by atoms with van der Waals surface area (Å²) in [5.74, 6) is 0.703. The Balaban J connectivity index is 1.66. The molecule has 4 rings (SSSR count). The second-order valence-corrected chi connectivity index (χ2v) is 10.9. The third-order valence-corrected chi connectivity index (χ3v) is 6.97. The first-order chi connectivity index (χ1) is 16.1. The maximum absolute atomic E-state index is 13.5. The molecular formula is C28H33ClN2O3. The molecule has 2 aliphatic rings. The number of carbonyl (C=O) groups is 2. The van der Waals surface area contributed by atoms with Crippen LogP contribution in [0.4, 0.5) is 5.69 Å². The number of hydrogen-bond donors (Lipinski definition) is 1. The summed E-state index contributed by atoms with van der Waals surface area (Å²) < 4.78 is 6.03. The molecule has 2 amide bonds.